The maximum atomic E-state index is 10.7. The van der Waals surface area contributed by atoms with Crippen molar-refractivity contribution in [1.82, 2.24) is 0 Å². The Morgan fingerprint density at radius 3 is 2.12 bits per heavy atom. The third kappa shape index (κ3) is 1.88. The Labute approximate surface area is 92.6 Å². The summed E-state index contributed by atoms with van der Waals surface area (Å²) in [4.78, 5) is 10.7. The van der Waals surface area contributed by atoms with Crippen molar-refractivity contribution < 1.29 is 15.0 Å². The van der Waals surface area contributed by atoms with Crippen LogP contribution in [0.3, 0.4) is 0 Å². The minimum absolute atomic E-state index is 0.186. The molecule has 0 atom stereocenters. The summed E-state index contributed by atoms with van der Waals surface area (Å²) in [5, 5.41) is 18.4. The fourth-order valence-corrected chi connectivity index (χ4v) is 1.51. The van der Waals surface area contributed by atoms with E-state index in [9.17, 15) is 9.90 Å². The van der Waals surface area contributed by atoms with Crippen molar-refractivity contribution in [2.75, 3.05) is 0 Å². The van der Waals surface area contributed by atoms with Gasteiger partial charge in [0.15, 0.2) is 0 Å². The number of aromatic carboxylic acids is 1. The van der Waals surface area contributed by atoms with E-state index in [0.29, 0.717) is 5.56 Å². The highest BCUT2D eigenvalue weighted by Gasteiger charge is 2.05. The molecule has 0 saturated carbocycles. The maximum Gasteiger partial charge on any atom is 0.335 e. The molecule has 3 heteroatoms. The highest BCUT2D eigenvalue weighted by atomic mass is 16.4. The van der Waals surface area contributed by atoms with Crippen LogP contribution < -0.4 is 0 Å². The average molecular weight is 214 g/mol. The summed E-state index contributed by atoms with van der Waals surface area (Å²) in [6.07, 6.45) is 0. The van der Waals surface area contributed by atoms with Gasteiger partial charge in [0, 0.05) is 5.56 Å². The van der Waals surface area contributed by atoms with E-state index in [0.717, 1.165) is 5.56 Å². The van der Waals surface area contributed by atoms with E-state index >= 15 is 0 Å². The Bertz CT molecular complexity index is 515. The number of carboxylic acid groups (broad SMARTS) is 1. The molecule has 0 aliphatic heterocycles. The first kappa shape index (κ1) is 10.2. The molecule has 0 aliphatic carbocycles. The van der Waals surface area contributed by atoms with E-state index in [1.165, 1.54) is 12.1 Å². The van der Waals surface area contributed by atoms with E-state index in [1.54, 1.807) is 30.3 Å². The summed E-state index contributed by atoms with van der Waals surface area (Å²) in [6, 6.07) is 13.3. The molecule has 3 nitrogen and oxygen atoms in total. The summed E-state index contributed by atoms with van der Waals surface area (Å²) >= 11 is 0. The van der Waals surface area contributed by atoms with Gasteiger partial charge in [-0.05, 0) is 23.8 Å². The molecular formula is C13H10O3. The Kier molecular flexibility index (Phi) is 2.60. The summed E-state index contributed by atoms with van der Waals surface area (Å²) < 4.78 is 0. The van der Waals surface area contributed by atoms with Crippen LogP contribution in [0.4, 0.5) is 0 Å². The zero-order valence-electron chi connectivity index (χ0n) is 8.42. The molecule has 0 radical (unpaired) electrons. The zero-order valence-corrected chi connectivity index (χ0v) is 8.42. The van der Waals surface area contributed by atoms with Gasteiger partial charge in [-0.2, -0.15) is 0 Å². The van der Waals surface area contributed by atoms with Crippen LogP contribution in [-0.4, -0.2) is 16.2 Å². The van der Waals surface area contributed by atoms with Gasteiger partial charge in [0.1, 0.15) is 5.75 Å². The molecule has 2 rings (SSSR count). The molecule has 2 aromatic carbocycles. The van der Waals surface area contributed by atoms with Crippen LogP contribution >= 0.6 is 0 Å². The topological polar surface area (TPSA) is 57.5 Å². The lowest BCUT2D eigenvalue weighted by molar-refractivity contribution is 0.0697. The third-order valence-corrected chi connectivity index (χ3v) is 2.35. The Hall–Kier alpha value is -2.29. The SMILES string of the molecule is O=C(O)c1ccc(-c2ccccc2O)cc1. The summed E-state index contributed by atoms with van der Waals surface area (Å²) in [7, 11) is 0. The van der Waals surface area contributed by atoms with Crippen LogP contribution in [0.25, 0.3) is 11.1 Å². The molecule has 0 spiro atoms. The van der Waals surface area contributed by atoms with Gasteiger partial charge >= 0.3 is 5.97 Å². The number of phenolic OH excluding ortho intramolecular Hbond substituents is 1. The zero-order chi connectivity index (χ0) is 11.5. The number of carboxylic acids is 1. The van der Waals surface area contributed by atoms with Crippen molar-refractivity contribution in [2.45, 2.75) is 0 Å². The third-order valence-electron chi connectivity index (χ3n) is 2.35. The second-order valence-electron chi connectivity index (χ2n) is 3.40. The molecule has 0 fully saturated rings. The normalized spacial score (nSPS) is 10.0. The first-order valence-corrected chi connectivity index (χ1v) is 4.80. The van der Waals surface area contributed by atoms with Gasteiger partial charge in [-0.25, -0.2) is 4.79 Å². The number of para-hydroxylation sites is 1. The number of carbonyl (C=O) groups is 1. The van der Waals surface area contributed by atoms with E-state index in [2.05, 4.69) is 0 Å². The van der Waals surface area contributed by atoms with Crippen molar-refractivity contribution in [3.63, 3.8) is 0 Å². The highest BCUT2D eigenvalue weighted by molar-refractivity contribution is 5.88. The number of benzene rings is 2. The van der Waals surface area contributed by atoms with E-state index in [1.807, 2.05) is 6.07 Å². The predicted molar refractivity (Wildman–Crippen MR) is 60.5 cm³/mol. The quantitative estimate of drug-likeness (QED) is 0.808. The van der Waals surface area contributed by atoms with Crippen LogP contribution in [-0.2, 0) is 0 Å². The fraction of sp³-hybridized carbons (Fsp3) is 0. The highest BCUT2D eigenvalue weighted by Crippen LogP contribution is 2.28. The lowest BCUT2D eigenvalue weighted by atomic mass is 10.0. The molecule has 0 unspecified atom stereocenters. The average Bonchev–Trinajstić information content (AvgIpc) is 2.30. The van der Waals surface area contributed by atoms with Gasteiger partial charge in [-0.15, -0.1) is 0 Å². The summed E-state index contributed by atoms with van der Waals surface area (Å²) in [5.41, 5.74) is 1.72. The molecule has 0 aromatic heterocycles. The number of aromatic hydroxyl groups is 1. The molecule has 0 amide bonds. The van der Waals surface area contributed by atoms with Crippen molar-refractivity contribution in [3.8, 4) is 16.9 Å². The molecule has 0 aliphatic rings. The van der Waals surface area contributed by atoms with Crippen LogP contribution in [0.2, 0.25) is 0 Å². The number of phenols is 1. The van der Waals surface area contributed by atoms with Gasteiger partial charge in [-0.1, -0.05) is 30.3 Å². The second kappa shape index (κ2) is 4.06. The molecule has 2 aromatic rings. The minimum Gasteiger partial charge on any atom is -0.507 e. The summed E-state index contributed by atoms with van der Waals surface area (Å²) in [5.74, 6) is -0.769. The van der Waals surface area contributed by atoms with Crippen molar-refractivity contribution >= 4 is 5.97 Å². The van der Waals surface area contributed by atoms with Crippen LogP contribution in [0, 0.1) is 0 Å². The standard InChI is InChI=1S/C13H10O3/c14-12-4-2-1-3-11(12)9-5-7-10(8-6-9)13(15)16/h1-8,14H,(H,15,16). The maximum absolute atomic E-state index is 10.7. The van der Waals surface area contributed by atoms with Gasteiger partial charge in [-0.3, -0.25) is 0 Å². The van der Waals surface area contributed by atoms with E-state index in [-0.39, 0.29) is 11.3 Å². The molecule has 80 valence electrons. The van der Waals surface area contributed by atoms with Crippen LogP contribution in [0.15, 0.2) is 48.5 Å². The smallest absolute Gasteiger partial charge is 0.335 e. The van der Waals surface area contributed by atoms with Gasteiger partial charge in [0.25, 0.3) is 0 Å². The Morgan fingerprint density at radius 1 is 0.938 bits per heavy atom. The van der Waals surface area contributed by atoms with Gasteiger partial charge in [0.2, 0.25) is 0 Å². The first-order chi connectivity index (χ1) is 7.68. The van der Waals surface area contributed by atoms with Gasteiger partial charge in [0.05, 0.1) is 5.56 Å². The van der Waals surface area contributed by atoms with Gasteiger partial charge < -0.3 is 10.2 Å². The van der Waals surface area contributed by atoms with E-state index < -0.39 is 5.97 Å². The number of hydrogen-bond donors (Lipinski definition) is 2. The minimum atomic E-state index is -0.955. The Balaban J connectivity index is 2.43. The predicted octanol–water partition coefficient (Wildman–Crippen LogP) is 2.76. The first-order valence-electron chi connectivity index (χ1n) is 4.80. The fourth-order valence-electron chi connectivity index (χ4n) is 1.51. The van der Waals surface area contributed by atoms with E-state index in [4.69, 9.17) is 5.11 Å². The lowest BCUT2D eigenvalue weighted by Gasteiger charge is -2.04. The van der Waals surface area contributed by atoms with Crippen LogP contribution in [0.5, 0.6) is 5.75 Å². The van der Waals surface area contributed by atoms with Crippen LogP contribution in [0.1, 0.15) is 10.4 Å². The summed E-state index contributed by atoms with van der Waals surface area (Å²) in [6.45, 7) is 0. The molecule has 0 saturated heterocycles. The number of hydrogen-bond acceptors (Lipinski definition) is 2. The molecular weight excluding hydrogens is 204 g/mol. The molecule has 2 N–H and O–H groups in total. The number of rotatable bonds is 2. The van der Waals surface area contributed by atoms with Crippen molar-refractivity contribution in [2.24, 2.45) is 0 Å². The molecule has 16 heavy (non-hydrogen) atoms. The Morgan fingerprint density at radius 2 is 1.56 bits per heavy atom. The molecule has 0 bridgehead atoms. The lowest BCUT2D eigenvalue weighted by Crippen LogP contribution is -1.94. The monoisotopic (exact) mass is 214 g/mol. The largest absolute Gasteiger partial charge is 0.507 e. The van der Waals surface area contributed by atoms with Crippen molar-refractivity contribution in [3.05, 3.63) is 54.1 Å². The molecule has 0 heterocycles. The second-order valence-corrected chi connectivity index (χ2v) is 3.40. The van der Waals surface area contributed by atoms with Crippen molar-refractivity contribution in [1.29, 1.82) is 0 Å².